The van der Waals surface area contributed by atoms with Crippen LogP contribution in [-0.2, 0) is 0 Å². The lowest BCUT2D eigenvalue weighted by Crippen LogP contribution is -2.30. The highest BCUT2D eigenvalue weighted by Gasteiger charge is 2.21. The zero-order valence-corrected chi connectivity index (χ0v) is 8.96. The Morgan fingerprint density at radius 3 is 3.21 bits per heavy atom. The van der Waals surface area contributed by atoms with E-state index in [4.69, 9.17) is 5.73 Å². The molecule has 0 saturated heterocycles. The molecule has 1 aromatic rings. The van der Waals surface area contributed by atoms with Crippen molar-refractivity contribution < 1.29 is 0 Å². The smallest absolute Gasteiger partial charge is 0.205 e. The Morgan fingerprint density at radius 2 is 2.50 bits per heavy atom. The van der Waals surface area contributed by atoms with Gasteiger partial charge >= 0.3 is 0 Å². The topological polar surface area (TPSA) is 63.8 Å². The quantitative estimate of drug-likeness (QED) is 0.796. The summed E-state index contributed by atoms with van der Waals surface area (Å²) in [5, 5.41) is 12.1. The summed E-state index contributed by atoms with van der Waals surface area (Å²) >= 11 is 1.56. The van der Waals surface area contributed by atoms with Crippen LogP contribution in [0.1, 0.15) is 25.7 Å². The third-order valence-corrected chi connectivity index (χ3v) is 3.43. The molecule has 1 fully saturated rings. The summed E-state index contributed by atoms with van der Waals surface area (Å²) in [5.41, 5.74) is 7.44. The highest BCUT2D eigenvalue weighted by molar-refractivity contribution is 7.13. The van der Waals surface area contributed by atoms with Gasteiger partial charge in [0.05, 0.1) is 0 Å². The van der Waals surface area contributed by atoms with Crippen LogP contribution in [0.3, 0.4) is 0 Å². The molecule has 5 heteroatoms. The maximum atomic E-state index is 5.69. The van der Waals surface area contributed by atoms with Crippen LogP contribution < -0.4 is 11.1 Å². The van der Waals surface area contributed by atoms with Crippen molar-refractivity contribution in [3.63, 3.8) is 0 Å². The number of hydrogen-bond acceptors (Lipinski definition) is 5. The number of anilines is 1. The van der Waals surface area contributed by atoms with E-state index in [1.165, 1.54) is 25.7 Å². The van der Waals surface area contributed by atoms with Crippen LogP contribution in [-0.4, -0.2) is 22.8 Å². The summed E-state index contributed by atoms with van der Waals surface area (Å²) < 4.78 is 0. The van der Waals surface area contributed by atoms with E-state index in [1.54, 1.807) is 16.8 Å². The second-order valence-corrected chi connectivity index (χ2v) is 4.69. The van der Waals surface area contributed by atoms with Crippen LogP contribution in [0.15, 0.2) is 5.51 Å². The molecule has 0 radical (unpaired) electrons. The zero-order valence-electron chi connectivity index (χ0n) is 8.15. The molecule has 2 atom stereocenters. The molecule has 4 nitrogen and oxygen atoms in total. The van der Waals surface area contributed by atoms with Gasteiger partial charge in [-0.05, 0) is 31.7 Å². The Balaban J connectivity index is 1.86. The van der Waals surface area contributed by atoms with E-state index in [-0.39, 0.29) is 0 Å². The van der Waals surface area contributed by atoms with Crippen molar-refractivity contribution in [1.29, 1.82) is 0 Å². The summed E-state index contributed by atoms with van der Waals surface area (Å²) in [6.45, 7) is 0.814. The number of rotatable bonds is 3. The van der Waals surface area contributed by atoms with Crippen LogP contribution >= 0.6 is 11.3 Å². The molecule has 1 aromatic heterocycles. The lowest BCUT2D eigenvalue weighted by Gasteiger charge is -2.28. The summed E-state index contributed by atoms with van der Waals surface area (Å²) in [5.74, 6) is 0.689. The van der Waals surface area contributed by atoms with Crippen LogP contribution in [0, 0.1) is 5.92 Å². The molecule has 0 bridgehead atoms. The highest BCUT2D eigenvalue weighted by Crippen LogP contribution is 2.26. The van der Waals surface area contributed by atoms with Gasteiger partial charge in [0.1, 0.15) is 5.51 Å². The Hall–Kier alpha value is -0.680. The molecule has 0 amide bonds. The normalized spacial score (nSPS) is 27.5. The number of hydrogen-bond donors (Lipinski definition) is 2. The lowest BCUT2D eigenvalue weighted by atomic mass is 9.86. The van der Waals surface area contributed by atoms with Gasteiger partial charge in [-0.15, -0.1) is 10.2 Å². The minimum absolute atomic E-state index is 0.547. The molecule has 1 heterocycles. The molecule has 1 saturated carbocycles. The van der Waals surface area contributed by atoms with E-state index >= 15 is 0 Å². The van der Waals surface area contributed by atoms with Crippen LogP contribution in [0.4, 0.5) is 5.13 Å². The minimum Gasteiger partial charge on any atom is -0.357 e. The van der Waals surface area contributed by atoms with E-state index in [2.05, 4.69) is 15.5 Å². The van der Waals surface area contributed by atoms with Gasteiger partial charge in [0.25, 0.3) is 0 Å². The third kappa shape index (κ3) is 2.42. The average molecular weight is 212 g/mol. The average Bonchev–Trinajstić information content (AvgIpc) is 2.71. The van der Waals surface area contributed by atoms with Crippen molar-refractivity contribution in [2.24, 2.45) is 11.7 Å². The largest absolute Gasteiger partial charge is 0.357 e. The first-order chi connectivity index (χ1) is 6.88. The molecule has 2 rings (SSSR count). The van der Waals surface area contributed by atoms with E-state index < -0.39 is 0 Å². The van der Waals surface area contributed by atoms with E-state index in [9.17, 15) is 0 Å². The SMILES string of the molecule is NCC1CCCC(Nc2nncs2)C1. The first-order valence-electron chi connectivity index (χ1n) is 5.11. The summed E-state index contributed by atoms with van der Waals surface area (Å²) in [4.78, 5) is 0. The molecular weight excluding hydrogens is 196 g/mol. The van der Waals surface area contributed by atoms with Gasteiger partial charge in [-0.2, -0.15) is 0 Å². The van der Waals surface area contributed by atoms with Gasteiger partial charge < -0.3 is 11.1 Å². The van der Waals surface area contributed by atoms with Crippen molar-refractivity contribution in [2.75, 3.05) is 11.9 Å². The molecule has 0 spiro atoms. The Morgan fingerprint density at radius 1 is 1.57 bits per heavy atom. The third-order valence-electron chi connectivity index (χ3n) is 2.80. The first-order valence-corrected chi connectivity index (χ1v) is 5.99. The standard InChI is InChI=1S/C9H16N4S/c10-5-7-2-1-3-8(4-7)12-9-13-11-6-14-9/h6-8H,1-5,10H2,(H,12,13). The van der Waals surface area contributed by atoms with Crippen LogP contribution in [0.25, 0.3) is 0 Å². The van der Waals surface area contributed by atoms with E-state index in [0.29, 0.717) is 12.0 Å². The van der Waals surface area contributed by atoms with Gasteiger partial charge in [0, 0.05) is 6.04 Å². The van der Waals surface area contributed by atoms with Gasteiger partial charge in [-0.3, -0.25) is 0 Å². The predicted octanol–water partition coefficient (Wildman–Crippen LogP) is 1.47. The molecule has 0 aromatic carbocycles. The Labute approximate surface area is 87.9 Å². The predicted molar refractivity (Wildman–Crippen MR) is 58.3 cm³/mol. The molecule has 0 aliphatic heterocycles. The zero-order chi connectivity index (χ0) is 9.80. The molecule has 2 unspecified atom stereocenters. The van der Waals surface area contributed by atoms with Crippen molar-refractivity contribution >= 4 is 16.5 Å². The fourth-order valence-corrected chi connectivity index (χ4v) is 2.57. The van der Waals surface area contributed by atoms with Gasteiger partial charge in [-0.1, -0.05) is 17.8 Å². The van der Waals surface area contributed by atoms with Crippen LogP contribution in [0.2, 0.25) is 0 Å². The number of aromatic nitrogens is 2. The number of nitrogens with two attached hydrogens (primary N) is 1. The van der Waals surface area contributed by atoms with Crippen molar-refractivity contribution in [2.45, 2.75) is 31.7 Å². The first kappa shape index (κ1) is 9.86. The second kappa shape index (κ2) is 4.70. The molecule has 1 aliphatic carbocycles. The van der Waals surface area contributed by atoms with Crippen LogP contribution in [0.5, 0.6) is 0 Å². The lowest BCUT2D eigenvalue weighted by molar-refractivity contribution is 0.342. The summed E-state index contributed by atoms with van der Waals surface area (Å²) in [6.07, 6.45) is 4.97. The molecule has 3 N–H and O–H groups in total. The van der Waals surface area contributed by atoms with Crippen molar-refractivity contribution in [3.8, 4) is 0 Å². The molecule has 14 heavy (non-hydrogen) atoms. The molecular formula is C9H16N4S. The van der Waals surface area contributed by atoms with Gasteiger partial charge in [0.15, 0.2) is 0 Å². The van der Waals surface area contributed by atoms with E-state index in [1.807, 2.05) is 0 Å². The van der Waals surface area contributed by atoms with Crippen molar-refractivity contribution in [1.82, 2.24) is 10.2 Å². The van der Waals surface area contributed by atoms with Gasteiger partial charge in [-0.25, -0.2) is 0 Å². The highest BCUT2D eigenvalue weighted by atomic mass is 32.1. The number of nitrogens with one attached hydrogen (secondary N) is 1. The fraction of sp³-hybridized carbons (Fsp3) is 0.778. The monoisotopic (exact) mass is 212 g/mol. The Bertz CT molecular complexity index is 262. The van der Waals surface area contributed by atoms with Crippen molar-refractivity contribution in [3.05, 3.63) is 5.51 Å². The maximum absolute atomic E-state index is 5.69. The van der Waals surface area contributed by atoms with Gasteiger partial charge in [0.2, 0.25) is 5.13 Å². The Kier molecular flexibility index (Phi) is 3.31. The minimum atomic E-state index is 0.547. The molecule has 1 aliphatic rings. The van der Waals surface area contributed by atoms with E-state index in [0.717, 1.165) is 11.7 Å². The molecule has 78 valence electrons. The summed E-state index contributed by atoms with van der Waals surface area (Å²) in [7, 11) is 0. The number of nitrogens with zero attached hydrogens (tertiary/aromatic N) is 2. The fourth-order valence-electron chi connectivity index (χ4n) is 2.05. The second-order valence-electron chi connectivity index (χ2n) is 3.85. The summed E-state index contributed by atoms with van der Waals surface area (Å²) in [6, 6.07) is 0.547. The maximum Gasteiger partial charge on any atom is 0.205 e.